The molecule has 0 unspecified atom stereocenters. The Morgan fingerprint density at radius 1 is 0.917 bits per heavy atom. The molecule has 3 N–H and O–H groups in total. The number of hydrazine groups is 1. The van der Waals surface area contributed by atoms with Gasteiger partial charge in [0, 0.05) is 11.3 Å². The Morgan fingerprint density at radius 2 is 1.56 bits per heavy atom. The molecular formula is C26H21N5O4S. The highest BCUT2D eigenvalue weighted by Gasteiger charge is 2.40. The predicted octanol–water partition coefficient (Wildman–Crippen LogP) is 3.30. The smallest absolute Gasteiger partial charge is 0.269 e. The summed E-state index contributed by atoms with van der Waals surface area (Å²) in [5.41, 5.74) is 8.38. The molecule has 180 valence electrons. The van der Waals surface area contributed by atoms with Gasteiger partial charge in [0.25, 0.3) is 23.6 Å². The average Bonchev–Trinajstić information content (AvgIpc) is 3.44. The number of thioether (sulfide) groups is 1. The number of hydrogen-bond donors (Lipinski definition) is 3. The van der Waals surface area contributed by atoms with E-state index in [1.165, 1.54) is 6.92 Å². The Kier molecular flexibility index (Phi) is 6.26. The second-order valence-corrected chi connectivity index (χ2v) is 9.15. The maximum Gasteiger partial charge on any atom is 0.269 e. The van der Waals surface area contributed by atoms with E-state index in [9.17, 15) is 19.2 Å². The Hall–Kier alpha value is -4.44. The maximum absolute atomic E-state index is 12.6. The first-order chi connectivity index (χ1) is 17.4. The van der Waals surface area contributed by atoms with Crippen molar-refractivity contribution in [3.8, 4) is 0 Å². The fraction of sp³-hybridized carbons (Fsp3) is 0.115. The minimum atomic E-state index is -1.10. The van der Waals surface area contributed by atoms with Crippen molar-refractivity contribution in [1.82, 2.24) is 25.7 Å². The molecule has 3 aromatic carbocycles. The lowest BCUT2D eigenvalue weighted by atomic mass is 10.1. The molecule has 9 nitrogen and oxygen atoms in total. The Bertz CT molecular complexity index is 1430. The first-order valence-electron chi connectivity index (χ1n) is 11.2. The zero-order valence-electron chi connectivity index (χ0n) is 19.1. The van der Waals surface area contributed by atoms with Crippen molar-refractivity contribution < 1.29 is 19.2 Å². The number of para-hydroxylation sites is 2. The van der Waals surface area contributed by atoms with Crippen LogP contribution in [-0.2, 0) is 10.5 Å². The molecule has 5 rings (SSSR count). The van der Waals surface area contributed by atoms with Crippen molar-refractivity contribution in [2.45, 2.75) is 23.9 Å². The number of H-pyrrole nitrogens is 1. The third-order valence-corrected chi connectivity index (χ3v) is 6.80. The van der Waals surface area contributed by atoms with Gasteiger partial charge in [-0.2, -0.15) is 0 Å². The molecule has 4 aromatic rings. The van der Waals surface area contributed by atoms with Crippen LogP contribution in [-0.4, -0.2) is 44.5 Å². The highest BCUT2D eigenvalue weighted by atomic mass is 32.2. The molecule has 1 aliphatic heterocycles. The van der Waals surface area contributed by atoms with E-state index in [1.807, 2.05) is 36.4 Å². The summed E-state index contributed by atoms with van der Waals surface area (Å²) in [6.07, 6.45) is 0. The van der Waals surface area contributed by atoms with Gasteiger partial charge in [0.2, 0.25) is 0 Å². The van der Waals surface area contributed by atoms with E-state index in [4.69, 9.17) is 0 Å². The zero-order valence-corrected chi connectivity index (χ0v) is 20.0. The Morgan fingerprint density at radius 3 is 2.22 bits per heavy atom. The van der Waals surface area contributed by atoms with Crippen LogP contribution in [0.3, 0.4) is 0 Å². The van der Waals surface area contributed by atoms with Gasteiger partial charge in [-0.1, -0.05) is 48.2 Å². The highest BCUT2D eigenvalue weighted by molar-refractivity contribution is 7.98. The molecule has 0 bridgehead atoms. The van der Waals surface area contributed by atoms with Crippen LogP contribution in [0.2, 0.25) is 0 Å². The van der Waals surface area contributed by atoms with Crippen molar-refractivity contribution in [2.75, 3.05) is 0 Å². The van der Waals surface area contributed by atoms with Gasteiger partial charge in [0.1, 0.15) is 6.04 Å². The first-order valence-corrected chi connectivity index (χ1v) is 12.1. The van der Waals surface area contributed by atoms with Crippen molar-refractivity contribution in [1.29, 1.82) is 0 Å². The molecule has 0 saturated carbocycles. The van der Waals surface area contributed by atoms with E-state index in [0.717, 1.165) is 26.7 Å². The van der Waals surface area contributed by atoms with Crippen LogP contribution in [0.15, 0.2) is 78.0 Å². The van der Waals surface area contributed by atoms with Gasteiger partial charge in [-0.3, -0.25) is 34.9 Å². The molecular weight excluding hydrogens is 478 g/mol. The third kappa shape index (κ3) is 4.46. The van der Waals surface area contributed by atoms with Crippen molar-refractivity contribution in [3.05, 3.63) is 95.1 Å². The maximum atomic E-state index is 12.6. The van der Waals surface area contributed by atoms with Gasteiger partial charge in [-0.05, 0) is 48.9 Å². The van der Waals surface area contributed by atoms with E-state index in [0.29, 0.717) is 11.3 Å². The average molecular weight is 500 g/mol. The summed E-state index contributed by atoms with van der Waals surface area (Å²) in [5, 5.41) is 0.813. The minimum Gasteiger partial charge on any atom is -0.333 e. The van der Waals surface area contributed by atoms with Crippen LogP contribution >= 0.6 is 11.8 Å². The van der Waals surface area contributed by atoms with E-state index in [-0.39, 0.29) is 11.1 Å². The van der Waals surface area contributed by atoms with Gasteiger partial charge >= 0.3 is 0 Å². The van der Waals surface area contributed by atoms with Crippen molar-refractivity contribution in [2.24, 2.45) is 0 Å². The summed E-state index contributed by atoms with van der Waals surface area (Å²) in [4.78, 5) is 58.9. The summed E-state index contributed by atoms with van der Waals surface area (Å²) < 4.78 is 0. The number of carbonyl (C=O) groups excluding carboxylic acids is 4. The van der Waals surface area contributed by atoms with Crippen LogP contribution in [0.4, 0.5) is 0 Å². The lowest BCUT2D eigenvalue weighted by molar-refractivity contribution is -0.125. The van der Waals surface area contributed by atoms with E-state index in [2.05, 4.69) is 20.8 Å². The van der Waals surface area contributed by atoms with Gasteiger partial charge in [-0.25, -0.2) is 4.98 Å². The van der Waals surface area contributed by atoms with Gasteiger partial charge < -0.3 is 4.98 Å². The quantitative estimate of drug-likeness (QED) is 0.212. The number of fused-ring (bicyclic) bond motifs is 2. The molecule has 0 spiro atoms. The van der Waals surface area contributed by atoms with Gasteiger partial charge in [-0.15, -0.1) is 0 Å². The number of aromatic nitrogens is 2. The third-order valence-electron chi connectivity index (χ3n) is 5.85. The summed E-state index contributed by atoms with van der Waals surface area (Å²) in [7, 11) is 0. The number of carbonyl (C=O) groups is 4. The van der Waals surface area contributed by atoms with Crippen LogP contribution in [0.25, 0.3) is 11.0 Å². The summed E-state index contributed by atoms with van der Waals surface area (Å²) in [6, 6.07) is 20.1. The van der Waals surface area contributed by atoms with E-state index in [1.54, 1.807) is 48.2 Å². The normalized spacial score (nSPS) is 13.5. The van der Waals surface area contributed by atoms with Crippen molar-refractivity contribution in [3.63, 3.8) is 0 Å². The molecule has 0 fully saturated rings. The first kappa shape index (κ1) is 23.3. The van der Waals surface area contributed by atoms with Crippen LogP contribution in [0.5, 0.6) is 0 Å². The number of imide groups is 1. The van der Waals surface area contributed by atoms with Crippen molar-refractivity contribution >= 4 is 46.4 Å². The number of nitrogens with zero attached hydrogens (tertiary/aromatic N) is 2. The summed E-state index contributed by atoms with van der Waals surface area (Å²) in [5.74, 6) is -1.62. The van der Waals surface area contributed by atoms with Crippen LogP contribution < -0.4 is 10.9 Å². The van der Waals surface area contributed by atoms with Gasteiger partial charge in [0.15, 0.2) is 5.16 Å². The number of nitrogens with one attached hydrogen (secondary N) is 3. The molecule has 1 aromatic heterocycles. The zero-order chi connectivity index (χ0) is 25.2. The number of aromatic amines is 1. The molecule has 1 aliphatic rings. The molecule has 4 amide bonds. The molecule has 1 atom stereocenters. The standard InChI is InChI=1S/C26H21N5O4S/c1-15(31-24(34)18-6-2-3-7-19(18)25(31)35)22(32)29-30-23(33)17-12-10-16(11-13-17)14-36-26-27-20-8-4-5-9-21(20)28-26/h2-13,15H,14H2,1H3,(H,27,28)(H,29,32)(H,30,33)/t15-/m0/s1. The van der Waals surface area contributed by atoms with Crippen LogP contribution in [0.1, 0.15) is 43.6 Å². The Labute approximate surface area is 210 Å². The molecule has 0 saturated heterocycles. The number of amides is 4. The fourth-order valence-electron chi connectivity index (χ4n) is 3.87. The Balaban J connectivity index is 1.14. The fourth-order valence-corrected chi connectivity index (χ4v) is 4.71. The second kappa shape index (κ2) is 9.67. The van der Waals surface area contributed by atoms with Crippen LogP contribution in [0, 0.1) is 0 Å². The minimum absolute atomic E-state index is 0.254. The largest absolute Gasteiger partial charge is 0.333 e. The second-order valence-electron chi connectivity index (χ2n) is 8.19. The lowest BCUT2D eigenvalue weighted by Gasteiger charge is -2.21. The number of hydrogen-bond acceptors (Lipinski definition) is 6. The number of benzene rings is 3. The summed E-state index contributed by atoms with van der Waals surface area (Å²) >= 11 is 1.55. The molecule has 10 heteroatoms. The molecule has 36 heavy (non-hydrogen) atoms. The topological polar surface area (TPSA) is 124 Å². The predicted molar refractivity (Wildman–Crippen MR) is 134 cm³/mol. The van der Waals surface area contributed by atoms with Gasteiger partial charge in [0.05, 0.1) is 22.2 Å². The SMILES string of the molecule is C[C@@H](C(=O)NNC(=O)c1ccc(CSc2nc3ccccc3[nH]2)cc1)N1C(=O)c2ccccc2C1=O. The molecule has 0 aliphatic carbocycles. The van der Waals surface area contributed by atoms with E-state index >= 15 is 0 Å². The molecule has 2 heterocycles. The summed E-state index contributed by atoms with van der Waals surface area (Å²) in [6.45, 7) is 1.43. The lowest BCUT2D eigenvalue weighted by Crippen LogP contribution is -2.52. The number of imidazole rings is 1. The molecule has 0 radical (unpaired) electrons. The highest BCUT2D eigenvalue weighted by Crippen LogP contribution is 2.25. The van der Waals surface area contributed by atoms with E-state index < -0.39 is 29.7 Å². The number of rotatable bonds is 6. The monoisotopic (exact) mass is 499 g/mol.